The van der Waals surface area contributed by atoms with Crippen LogP contribution in [0.15, 0.2) is 17.1 Å². The van der Waals surface area contributed by atoms with Crippen molar-refractivity contribution in [3.8, 4) is 0 Å². The minimum atomic E-state index is -3.14. The van der Waals surface area contributed by atoms with Crippen LogP contribution in [0.3, 0.4) is 0 Å². The fraction of sp³-hybridized carbons (Fsp3) is 0.682. The number of hydrogen-bond donors (Lipinski definition) is 2. The van der Waals surface area contributed by atoms with E-state index in [1.807, 2.05) is 0 Å². The van der Waals surface area contributed by atoms with Crippen LogP contribution in [0.5, 0.6) is 0 Å². The molecule has 0 spiro atoms. The summed E-state index contributed by atoms with van der Waals surface area (Å²) in [5.74, 6) is 0.427. The molecule has 2 aromatic rings. The van der Waals surface area contributed by atoms with Gasteiger partial charge in [0.15, 0.2) is 0 Å². The molecule has 3 aliphatic rings. The Kier molecular flexibility index (Phi) is 5.29. The van der Waals surface area contributed by atoms with Crippen LogP contribution in [0, 0.1) is 6.92 Å². The molecule has 1 saturated heterocycles. The fourth-order valence-electron chi connectivity index (χ4n) is 5.17. The summed E-state index contributed by atoms with van der Waals surface area (Å²) >= 11 is 0. The molecule has 9 nitrogen and oxygen atoms in total. The third kappa shape index (κ3) is 3.82. The van der Waals surface area contributed by atoms with E-state index in [9.17, 15) is 18.3 Å². The SMILES string of the molecule is Cc1cc2cnc(NC3CCN(S(=O)(=O)C4CC4)CC3)nc2n([C@H]2CCC[C@]2(C)O)c1=O. The van der Waals surface area contributed by atoms with E-state index in [2.05, 4.69) is 15.3 Å². The van der Waals surface area contributed by atoms with Crippen molar-refractivity contribution in [2.24, 2.45) is 0 Å². The molecule has 0 radical (unpaired) electrons. The highest BCUT2D eigenvalue weighted by Crippen LogP contribution is 2.39. The molecule has 2 saturated carbocycles. The lowest BCUT2D eigenvalue weighted by Crippen LogP contribution is -2.43. The van der Waals surface area contributed by atoms with E-state index in [4.69, 9.17) is 0 Å². The highest BCUT2D eigenvalue weighted by molar-refractivity contribution is 7.90. The Morgan fingerprint density at radius 2 is 1.91 bits per heavy atom. The van der Waals surface area contributed by atoms with Crippen LogP contribution in [-0.2, 0) is 10.0 Å². The van der Waals surface area contributed by atoms with Gasteiger partial charge < -0.3 is 10.4 Å². The molecule has 2 aliphatic carbocycles. The van der Waals surface area contributed by atoms with E-state index in [1.165, 1.54) is 0 Å². The van der Waals surface area contributed by atoms with E-state index < -0.39 is 15.6 Å². The van der Waals surface area contributed by atoms with Crippen molar-refractivity contribution in [3.05, 3.63) is 28.2 Å². The van der Waals surface area contributed by atoms with Gasteiger partial charge in [-0.25, -0.2) is 17.7 Å². The summed E-state index contributed by atoms with van der Waals surface area (Å²) in [6.45, 7) is 4.56. The first-order chi connectivity index (χ1) is 15.2. The first-order valence-electron chi connectivity index (χ1n) is 11.5. The van der Waals surface area contributed by atoms with Gasteiger partial charge in [-0.2, -0.15) is 4.98 Å². The number of nitrogens with one attached hydrogen (secondary N) is 1. The normalized spacial score (nSPS) is 27.8. The first kappa shape index (κ1) is 21.8. The molecular weight excluding hydrogens is 430 g/mol. The summed E-state index contributed by atoms with van der Waals surface area (Å²) in [5, 5.41) is 14.8. The van der Waals surface area contributed by atoms with Crippen LogP contribution < -0.4 is 10.9 Å². The van der Waals surface area contributed by atoms with Crippen molar-refractivity contribution >= 4 is 27.0 Å². The molecule has 0 unspecified atom stereocenters. The summed E-state index contributed by atoms with van der Waals surface area (Å²) in [5.41, 5.74) is 0.0453. The molecule has 10 heteroatoms. The van der Waals surface area contributed by atoms with Gasteiger partial charge in [0.05, 0.1) is 16.9 Å². The Balaban J connectivity index is 1.40. The molecule has 1 aliphatic heterocycles. The van der Waals surface area contributed by atoms with Gasteiger partial charge >= 0.3 is 0 Å². The second-order valence-electron chi connectivity index (χ2n) is 9.80. The molecule has 32 heavy (non-hydrogen) atoms. The number of aromatic nitrogens is 3. The minimum absolute atomic E-state index is 0.0679. The molecule has 3 fully saturated rings. The van der Waals surface area contributed by atoms with Gasteiger partial charge in [-0.1, -0.05) is 0 Å². The predicted octanol–water partition coefficient (Wildman–Crippen LogP) is 1.94. The smallest absolute Gasteiger partial charge is 0.255 e. The van der Waals surface area contributed by atoms with Crippen molar-refractivity contribution in [2.45, 2.75) is 81.7 Å². The zero-order valence-corrected chi connectivity index (χ0v) is 19.4. The number of rotatable bonds is 5. The Labute approximate surface area is 187 Å². The van der Waals surface area contributed by atoms with Gasteiger partial charge in [0, 0.05) is 36.3 Å². The molecule has 0 amide bonds. The molecule has 2 aromatic heterocycles. The van der Waals surface area contributed by atoms with Crippen molar-refractivity contribution in [1.29, 1.82) is 0 Å². The van der Waals surface area contributed by atoms with Gasteiger partial charge in [0.1, 0.15) is 5.65 Å². The van der Waals surface area contributed by atoms with Gasteiger partial charge in [-0.15, -0.1) is 0 Å². The van der Waals surface area contributed by atoms with Crippen LogP contribution in [0.25, 0.3) is 11.0 Å². The lowest BCUT2D eigenvalue weighted by Gasteiger charge is -2.32. The van der Waals surface area contributed by atoms with Gasteiger partial charge in [-0.3, -0.25) is 9.36 Å². The maximum absolute atomic E-state index is 13.1. The van der Waals surface area contributed by atoms with E-state index in [1.54, 1.807) is 35.0 Å². The fourth-order valence-corrected chi connectivity index (χ4v) is 7.04. The van der Waals surface area contributed by atoms with Crippen LogP contribution >= 0.6 is 0 Å². The molecule has 5 rings (SSSR count). The monoisotopic (exact) mass is 461 g/mol. The average Bonchev–Trinajstić information content (AvgIpc) is 3.55. The number of aliphatic hydroxyl groups is 1. The highest BCUT2D eigenvalue weighted by Gasteiger charge is 2.41. The minimum Gasteiger partial charge on any atom is -0.388 e. The van der Waals surface area contributed by atoms with Gasteiger partial charge in [0.2, 0.25) is 16.0 Å². The summed E-state index contributed by atoms with van der Waals surface area (Å²) in [6.07, 6.45) is 6.88. The Bertz CT molecular complexity index is 1200. The Morgan fingerprint density at radius 1 is 1.19 bits per heavy atom. The zero-order valence-electron chi connectivity index (χ0n) is 18.6. The number of sulfonamides is 1. The summed E-state index contributed by atoms with van der Waals surface area (Å²) in [6, 6.07) is 1.54. The molecule has 2 N–H and O–H groups in total. The second-order valence-corrected chi connectivity index (χ2v) is 12.0. The van der Waals surface area contributed by atoms with Crippen LogP contribution in [0.1, 0.15) is 63.5 Å². The van der Waals surface area contributed by atoms with E-state index in [-0.39, 0.29) is 22.9 Å². The summed E-state index contributed by atoms with van der Waals surface area (Å²) in [4.78, 5) is 22.2. The van der Waals surface area contributed by atoms with E-state index in [0.717, 1.165) is 31.1 Å². The quantitative estimate of drug-likeness (QED) is 0.699. The van der Waals surface area contributed by atoms with E-state index >= 15 is 0 Å². The number of pyridine rings is 1. The summed E-state index contributed by atoms with van der Waals surface area (Å²) < 4.78 is 28.2. The third-order valence-electron chi connectivity index (χ3n) is 7.23. The number of hydrogen-bond acceptors (Lipinski definition) is 7. The number of nitrogens with zero attached hydrogens (tertiary/aromatic N) is 4. The molecule has 3 heterocycles. The predicted molar refractivity (Wildman–Crippen MR) is 122 cm³/mol. The number of anilines is 1. The van der Waals surface area contributed by atoms with Crippen molar-refractivity contribution < 1.29 is 13.5 Å². The van der Waals surface area contributed by atoms with Crippen molar-refractivity contribution in [2.75, 3.05) is 18.4 Å². The largest absolute Gasteiger partial charge is 0.388 e. The molecule has 2 atom stereocenters. The van der Waals surface area contributed by atoms with Crippen molar-refractivity contribution in [3.63, 3.8) is 0 Å². The van der Waals surface area contributed by atoms with Crippen molar-refractivity contribution in [1.82, 2.24) is 18.8 Å². The molecule has 174 valence electrons. The Morgan fingerprint density at radius 3 is 2.53 bits per heavy atom. The van der Waals surface area contributed by atoms with Gasteiger partial charge in [-0.05, 0) is 64.9 Å². The van der Waals surface area contributed by atoms with Crippen LogP contribution in [0.4, 0.5) is 5.95 Å². The number of aryl methyl sites for hydroxylation is 1. The average molecular weight is 462 g/mol. The lowest BCUT2D eigenvalue weighted by atomic mass is 9.99. The first-order valence-corrected chi connectivity index (χ1v) is 13.0. The summed E-state index contributed by atoms with van der Waals surface area (Å²) in [7, 11) is -3.14. The zero-order chi connectivity index (χ0) is 22.7. The number of fused-ring (bicyclic) bond motifs is 1. The second kappa shape index (κ2) is 7.78. The number of piperidine rings is 1. The van der Waals surface area contributed by atoms with Crippen LogP contribution in [-0.4, -0.2) is 62.3 Å². The molecule has 0 bridgehead atoms. The highest BCUT2D eigenvalue weighted by atomic mass is 32.2. The van der Waals surface area contributed by atoms with E-state index in [0.29, 0.717) is 49.5 Å². The van der Waals surface area contributed by atoms with Gasteiger partial charge in [0.25, 0.3) is 5.56 Å². The maximum atomic E-state index is 13.1. The van der Waals surface area contributed by atoms with Crippen LogP contribution in [0.2, 0.25) is 0 Å². The third-order valence-corrected chi connectivity index (χ3v) is 9.63. The molecule has 0 aromatic carbocycles. The maximum Gasteiger partial charge on any atom is 0.255 e. The standard InChI is InChI=1S/C22H31N5O4S/c1-14-12-15-13-23-21(24-16-7-10-26(11-8-16)32(30,31)17-5-6-17)25-19(15)27(20(14)28)18-4-3-9-22(18,2)29/h12-13,16-18,29H,3-11H2,1-2H3,(H,23,24,25)/t18-,22-/m0/s1. The lowest BCUT2D eigenvalue weighted by molar-refractivity contribution is 0.0266. The topological polar surface area (TPSA) is 117 Å². The molecular formula is C22H31N5O4S. The Hall–Kier alpha value is -2.04.